The van der Waals surface area contributed by atoms with Crippen LogP contribution in [0.15, 0.2) is 48.5 Å². The van der Waals surface area contributed by atoms with Crippen LogP contribution < -0.4 is 14.8 Å². The predicted octanol–water partition coefficient (Wildman–Crippen LogP) is 3.29. The first kappa shape index (κ1) is 23.6. The fourth-order valence-corrected chi connectivity index (χ4v) is 4.94. The summed E-state index contributed by atoms with van der Waals surface area (Å²) in [6, 6.07) is 13.6. The van der Waals surface area contributed by atoms with E-state index < -0.39 is 17.5 Å². The van der Waals surface area contributed by atoms with Crippen LogP contribution in [0, 0.1) is 0 Å². The Morgan fingerprint density at radius 2 is 1.53 bits per heavy atom. The second-order valence-corrected chi connectivity index (χ2v) is 8.67. The van der Waals surface area contributed by atoms with Crippen molar-refractivity contribution in [3.63, 3.8) is 0 Å². The summed E-state index contributed by atoms with van der Waals surface area (Å²) in [5.41, 5.74) is -0.297. The van der Waals surface area contributed by atoms with Gasteiger partial charge in [0.1, 0.15) is 18.0 Å². The van der Waals surface area contributed by atoms with Crippen LogP contribution in [0.25, 0.3) is 0 Å². The van der Waals surface area contributed by atoms with Crippen LogP contribution >= 0.6 is 0 Å². The molecule has 180 valence electrons. The molecule has 0 aliphatic carbocycles. The average Bonchev–Trinajstić information content (AvgIpc) is 3.14. The number of hydrogen-bond acceptors (Lipinski definition) is 5. The van der Waals surface area contributed by atoms with Crippen molar-refractivity contribution in [3.05, 3.63) is 59.7 Å². The molecule has 0 spiro atoms. The number of amides is 4. The zero-order valence-corrected chi connectivity index (χ0v) is 19.9. The van der Waals surface area contributed by atoms with Crippen molar-refractivity contribution < 1.29 is 23.9 Å². The van der Waals surface area contributed by atoms with Gasteiger partial charge >= 0.3 is 6.03 Å². The first-order valence-corrected chi connectivity index (χ1v) is 11.7. The van der Waals surface area contributed by atoms with Gasteiger partial charge in [-0.3, -0.25) is 14.5 Å². The van der Waals surface area contributed by atoms with Gasteiger partial charge in [-0.1, -0.05) is 31.2 Å². The third-order valence-corrected chi connectivity index (χ3v) is 6.86. The van der Waals surface area contributed by atoms with Gasteiger partial charge in [0.15, 0.2) is 5.54 Å². The topological polar surface area (TPSA) is 88.2 Å². The second kappa shape index (κ2) is 9.75. The highest BCUT2D eigenvalue weighted by molar-refractivity contribution is 6.11. The lowest BCUT2D eigenvalue weighted by atomic mass is 9.82. The fraction of sp³-hybridized carbons (Fsp3) is 0.423. The number of piperidine rings is 1. The van der Waals surface area contributed by atoms with Crippen molar-refractivity contribution in [2.24, 2.45) is 0 Å². The van der Waals surface area contributed by atoms with Crippen molar-refractivity contribution >= 4 is 17.8 Å². The van der Waals surface area contributed by atoms with E-state index in [1.165, 1.54) is 0 Å². The third kappa shape index (κ3) is 4.08. The predicted molar refractivity (Wildman–Crippen MR) is 127 cm³/mol. The van der Waals surface area contributed by atoms with Crippen LogP contribution in [0.3, 0.4) is 0 Å². The SMILES string of the molecule is CCC1CCCCN1C(=O)CN1C(=O)NC(c2ccc(OC)cc2)(c2ccc(OC)cc2)C1=O. The molecular formula is C26H31N3O5. The summed E-state index contributed by atoms with van der Waals surface area (Å²) in [4.78, 5) is 43.1. The smallest absolute Gasteiger partial charge is 0.326 e. The molecule has 0 radical (unpaired) electrons. The number of carbonyl (C=O) groups is 3. The number of ether oxygens (including phenoxy) is 2. The van der Waals surface area contributed by atoms with Crippen molar-refractivity contribution in [2.75, 3.05) is 27.3 Å². The number of urea groups is 1. The Bertz CT molecular complexity index is 1000. The molecule has 8 nitrogen and oxygen atoms in total. The first-order valence-electron chi connectivity index (χ1n) is 11.7. The number of methoxy groups -OCH3 is 2. The summed E-state index contributed by atoms with van der Waals surface area (Å²) in [5.74, 6) is 0.586. The molecular weight excluding hydrogens is 434 g/mol. The summed E-state index contributed by atoms with van der Waals surface area (Å²) in [5, 5.41) is 2.89. The summed E-state index contributed by atoms with van der Waals surface area (Å²) in [6.07, 6.45) is 3.82. The molecule has 1 atom stereocenters. The average molecular weight is 466 g/mol. The van der Waals surface area contributed by atoms with E-state index in [1.807, 2.05) is 4.90 Å². The zero-order chi connectivity index (χ0) is 24.3. The number of benzene rings is 2. The Kier molecular flexibility index (Phi) is 6.77. The zero-order valence-electron chi connectivity index (χ0n) is 19.9. The largest absolute Gasteiger partial charge is 0.497 e. The molecule has 0 aromatic heterocycles. The van der Waals surface area contributed by atoms with Gasteiger partial charge in [0.05, 0.1) is 14.2 Å². The molecule has 2 aromatic carbocycles. The Morgan fingerprint density at radius 3 is 2.03 bits per heavy atom. The lowest BCUT2D eigenvalue weighted by Gasteiger charge is -2.36. The molecule has 8 heteroatoms. The normalized spacial score (nSPS) is 19.7. The Morgan fingerprint density at radius 1 is 0.971 bits per heavy atom. The molecule has 2 aliphatic rings. The van der Waals surface area contributed by atoms with Crippen LogP contribution in [-0.2, 0) is 15.1 Å². The van der Waals surface area contributed by atoms with Crippen molar-refractivity contribution in [1.29, 1.82) is 0 Å². The summed E-state index contributed by atoms with van der Waals surface area (Å²) >= 11 is 0. The lowest BCUT2D eigenvalue weighted by molar-refractivity contribution is -0.140. The number of carbonyl (C=O) groups excluding carboxylic acids is 3. The minimum atomic E-state index is -1.46. The van der Waals surface area contributed by atoms with E-state index in [-0.39, 0.29) is 18.5 Å². The summed E-state index contributed by atoms with van der Waals surface area (Å²) in [7, 11) is 3.13. The number of nitrogens with zero attached hydrogens (tertiary/aromatic N) is 2. The van der Waals surface area contributed by atoms with E-state index in [0.29, 0.717) is 29.2 Å². The first-order chi connectivity index (χ1) is 16.4. The minimum absolute atomic E-state index is 0.148. The lowest BCUT2D eigenvalue weighted by Crippen LogP contribution is -2.50. The summed E-state index contributed by atoms with van der Waals surface area (Å²) < 4.78 is 10.5. The van der Waals surface area contributed by atoms with Crippen molar-refractivity contribution in [3.8, 4) is 11.5 Å². The molecule has 2 fully saturated rings. The number of nitrogens with one attached hydrogen (secondary N) is 1. The van der Waals surface area contributed by atoms with Gasteiger partial charge < -0.3 is 19.7 Å². The van der Waals surface area contributed by atoms with Crippen LogP contribution in [0.2, 0.25) is 0 Å². The van der Waals surface area contributed by atoms with Gasteiger partial charge in [-0.15, -0.1) is 0 Å². The Balaban J connectivity index is 1.70. The van der Waals surface area contributed by atoms with Crippen LogP contribution in [-0.4, -0.2) is 61.0 Å². The van der Waals surface area contributed by atoms with Gasteiger partial charge in [0.2, 0.25) is 5.91 Å². The van der Waals surface area contributed by atoms with Crippen LogP contribution in [0.4, 0.5) is 4.79 Å². The monoisotopic (exact) mass is 465 g/mol. The maximum atomic E-state index is 13.9. The highest BCUT2D eigenvalue weighted by Crippen LogP contribution is 2.37. The molecule has 0 bridgehead atoms. The molecule has 0 saturated carbocycles. The van der Waals surface area contributed by atoms with E-state index >= 15 is 0 Å². The maximum Gasteiger partial charge on any atom is 0.326 e. The van der Waals surface area contributed by atoms with Gasteiger partial charge in [-0.05, 0) is 61.1 Å². The number of imide groups is 1. The molecule has 1 N–H and O–H groups in total. The number of hydrogen-bond donors (Lipinski definition) is 1. The molecule has 2 aliphatic heterocycles. The van der Waals surface area contributed by atoms with E-state index in [9.17, 15) is 14.4 Å². The van der Waals surface area contributed by atoms with Gasteiger partial charge in [0.25, 0.3) is 5.91 Å². The molecule has 4 rings (SSSR count). The minimum Gasteiger partial charge on any atom is -0.497 e. The highest BCUT2D eigenvalue weighted by Gasteiger charge is 2.54. The maximum absolute atomic E-state index is 13.9. The Labute approximate surface area is 199 Å². The Hall–Kier alpha value is -3.55. The number of likely N-dealkylation sites (tertiary alicyclic amines) is 1. The van der Waals surface area contributed by atoms with Crippen LogP contribution in [0.1, 0.15) is 43.7 Å². The molecule has 4 amide bonds. The molecule has 2 heterocycles. The fourth-order valence-electron chi connectivity index (χ4n) is 4.94. The van der Waals surface area contributed by atoms with Crippen molar-refractivity contribution in [2.45, 2.75) is 44.2 Å². The van der Waals surface area contributed by atoms with Gasteiger partial charge in [-0.25, -0.2) is 4.79 Å². The summed E-state index contributed by atoms with van der Waals surface area (Å²) in [6.45, 7) is 2.43. The van der Waals surface area contributed by atoms with Gasteiger partial charge in [-0.2, -0.15) is 0 Å². The molecule has 1 unspecified atom stereocenters. The quantitative estimate of drug-likeness (QED) is 0.634. The highest BCUT2D eigenvalue weighted by atomic mass is 16.5. The number of rotatable bonds is 7. The van der Waals surface area contributed by atoms with Crippen molar-refractivity contribution in [1.82, 2.24) is 15.1 Å². The van der Waals surface area contributed by atoms with E-state index in [4.69, 9.17) is 9.47 Å². The van der Waals surface area contributed by atoms with E-state index in [2.05, 4.69) is 12.2 Å². The molecule has 34 heavy (non-hydrogen) atoms. The second-order valence-electron chi connectivity index (χ2n) is 8.67. The van der Waals surface area contributed by atoms with Gasteiger partial charge in [0, 0.05) is 12.6 Å². The third-order valence-electron chi connectivity index (χ3n) is 6.86. The standard InChI is InChI=1S/C26H31N3O5/c1-4-20-7-5-6-16-28(20)23(30)17-29-24(31)26(27-25(29)32,18-8-12-21(33-2)13-9-18)19-10-14-22(34-3)15-11-19/h8-15,20H,4-7,16-17H2,1-3H3,(H,27,32). The molecule has 2 aromatic rings. The van der Waals surface area contributed by atoms with E-state index in [1.54, 1.807) is 62.8 Å². The van der Waals surface area contributed by atoms with Crippen LogP contribution in [0.5, 0.6) is 11.5 Å². The molecule has 2 saturated heterocycles. The van der Waals surface area contributed by atoms with E-state index in [0.717, 1.165) is 30.6 Å².